The van der Waals surface area contributed by atoms with Crippen molar-refractivity contribution in [1.29, 1.82) is 0 Å². The molecule has 0 bridgehead atoms. The Morgan fingerprint density at radius 1 is 0.696 bits per heavy atom. The predicted molar refractivity (Wildman–Crippen MR) is 83.4 cm³/mol. The number of rotatable bonds is 12. The Hall–Kier alpha value is -1.02. The van der Waals surface area contributed by atoms with Crippen molar-refractivity contribution in [1.82, 2.24) is 0 Å². The van der Waals surface area contributed by atoms with Gasteiger partial charge in [-0.2, -0.15) is 0 Å². The highest BCUT2D eigenvalue weighted by Crippen LogP contribution is 2.33. The molecule has 0 spiro atoms. The van der Waals surface area contributed by atoms with Gasteiger partial charge in [0, 0.05) is 26.4 Å². The quantitative estimate of drug-likeness (QED) is 0.300. The molecule has 0 fully saturated rings. The highest BCUT2D eigenvalue weighted by atomic mass is 16.6. The monoisotopic (exact) mass is 334 g/mol. The molecule has 0 heterocycles. The first kappa shape index (κ1) is 22.0. The molecule has 0 aromatic rings. The molecule has 0 atom stereocenters. The smallest absolute Gasteiger partial charge is 0.319 e. The molecule has 7 heteroatoms. The Morgan fingerprint density at radius 3 is 1.35 bits per heavy atom. The molecule has 0 aliphatic heterocycles. The number of esters is 2. The predicted octanol–water partition coefficient (Wildman–Crippen LogP) is 0.379. The van der Waals surface area contributed by atoms with Crippen molar-refractivity contribution < 1.29 is 34.8 Å². The second-order valence-corrected chi connectivity index (χ2v) is 6.40. The van der Waals surface area contributed by atoms with E-state index < -0.39 is 22.8 Å². The van der Waals surface area contributed by atoms with Gasteiger partial charge in [0.1, 0.15) is 0 Å². The molecule has 0 saturated carbocycles. The number of carbonyl (C=O) groups excluding carboxylic acids is 2. The van der Waals surface area contributed by atoms with Gasteiger partial charge in [-0.25, -0.2) is 0 Å². The molecule has 7 nitrogen and oxygen atoms in total. The molecule has 23 heavy (non-hydrogen) atoms. The molecule has 0 unspecified atom stereocenters. The third kappa shape index (κ3) is 6.95. The van der Waals surface area contributed by atoms with Crippen LogP contribution < -0.4 is 0 Å². The Balaban J connectivity index is 5.03. The third-order valence-corrected chi connectivity index (χ3v) is 4.27. The zero-order valence-electron chi connectivity index (χ0n) is 14.1. The fourth-order valence-electron chi connectivity index (χ4n) is 2.42. The minimum absolute atomic E-state index is 0.0807. The SMILES string of the molecule is CC(CCO)(CCO)C(=O)OC(=O)C(C)(CCCO)CCCO. The number of ether oxygens (including phenoxy) is 1. The van der Waals surface area contributed by atoms with Crippen molar-refractivity contribution in [2.75, 3.05) is 26.4 Å². The summed E-state index contributed by atoms with van der Waals surface area (Å²) in [5.74, 6) is -1.48. The number of carbonyl (C=O) groups is 2. The van der Waals surface area contributed by atoms with Crippen molar-refractivity contribution in [3.8, 4) is 0 Å². The van der Waals surface area contributed by atoms with Gasteiger partial charge in [0.25, 0.3) is 0 Å². The largest absolute Gasteiger partial charge is 0.396 e. The van der Waals surface area contributed by atoms with Crippen LogP contribution >= 0.6 is 0 Å². The van der Waals surface area contributed by atoms with Crippen LogP contribution in [0, 0.1) is 10.8 Å². The van der Waals surface area contributed by atoms with Gasteiger partial charge in [-0.3, -0.25) is 9.59 Å². The third-order valence-electron chi connectivity index (χ3n) is 4.27. The van der Waals surface area contributed by atoms with Crippen LogP contribution in [0.15, 0.2) is 0 Å². The first-order valence-corrected chi connectivity index (χ1v) is 8.00. The van der Waals surface area contributed by atoms with Crippen molar-refractivity contribution in [2.45, 2.75) is 52.4 Å². The Labute approximate surface area is 137 Å². The first-order valence-electron chi connectivity index (χ1n) is 8.00. The van der Waals surface area contributed by atoms with Crippen LogP contribution in [0.2, 0.25) is 0 Å². The van der Waals surface area contributed by atoms with Crippen LogP contribution in [0.25, 0.3) is 0 Å². The molecule has 0 rings (SSSR count). The fourth-order valence-corrected chi connectivity index (χ4v) is 2.42. The van der Waals surface area contributed by atoms with Gasteiger partial charge in [-0.15, -0.1) is 0 Å². The van der Waals surface area contributed by atoms with Crippen LogP contribution in [-0.2, 0) is 14.3 Å². The Bertz CT molecular complexity index is 353. The number of hydrogen-bond acceptors (Lipinski definition) is 7. The van der Waals surface area contributed by atoms with Gasteiger partial charge in [-0.1, -0.05) is 0 Å². The number of aliphatic hydroxyl groups excluding tert-OH is 4. The van der Waals surface area contributed by atoms with Crippen molar-refractivity contribution >= 4 is 11.9 Å². The lowest BCUT2D eigenvalue weighted by atomic mass is 9.80. The zero-order chi connectivity index (χ0) is 17.9. The summed E-state index contributed by atoms with van der Waals surface area (Å²) in [6.07, 6.45) is 1.62. The van der Waals surface area contributed by atoms with Gasteiger partial charge < -0.3 is 25.2 Å². The molecule has 0 aliphatic rings. The molecule has 136 valence electrons. The van der Waals surface area contributed by atoms with E-state index in [0.717, 1.165) is 0 Å². The maximum Gasteiger partial charge on any atom is 0.319 e. The average Bonchev–Trinajstić information content (AvgIpc) is 2.51. The minimum Gasteiger partial charge on any atom is -0.396 e. The van der Waals surface area contributed by atoms with Crippen molar-refractivity contribution in [2.24, 2.45) is 10.8 Å². The van der Waals surface area contributed by atoms with Crippen molar-refractivity contribution in [3.05, 3.63) is 0 Å². The summed E-state index contributed by atoms with van der Waals surface area (Å²) in [6, 6.07) is 0. The van der Waals surface area contributed by atoms with E-state index in [9.17, 15) is 9.59 Å². The summed E-state index contributed by atoms with van der Waals surface area (Å²) in [6.45, 7) is 2.50. The molecule has 0 aromatic carbocycles. The molecule has 0 aliphatic carbocycles. The first-order chi connectivity index (χ1) is 10.8. The second-order valence-electron chi connectivity index (χ2n) is 6.40. The van der Waals surface area contributed by atoms with Gasteiger partial charge >= 0.3 is 11.9 Å². The maximum atomic E-state index is 12.4. The number of aliphatic hydroxyl groups is 4. The molecule has 0 radical (unpaired) electrons. The summed E-state index contributed by atoms with van der Waals surface area (Å²) < 4.78 is 5.02. The molecular formula is C16H30O7. The average molecular weight is 334 g/mol. The van der Waals surface area contributed by atoms with Gasteiger partial charge in [-0.05, 0) is 52.4 Å². The van der Waals surface area contributed by atoms with E-state index in [1.165, 1.54) is 6.92 Å². The van der Waals surface area contributed by atoms with Crippen LogP contribution in [-0.4, -0.2) is 58.8 Å². The summed E-state index contributed by atoms with van der Waals surface area (Å²) >= 11 is 0. The molecule has 0 saturated heterocycles. The van der Waals surface area contributed by atoms with Crippen LogP contribution in [0.5, 0.6) is 0 Å². The van der Waals surface area contributed by atoms with E-state index in [2.05, 4.69) is 0 Å². The minimum atomic E-state index is -1.13. The van der Waals surface area contributed by atoms with Crippen molar-refractivity contribution in [3.63, 3.8) is 0 Å². The van der Waals surface area contributed by atoms with Gasteiger partial charge in [0.05, 0.1) is 10.8 Å². The summed E-state index contributed by atoms with van der Waals surface area (Å²) in [5.41, 5.74) is -2.10. The summed E-state index contributed by atoms with van der Waals surface area (Å²) in [7, 11) is 0. The lowest BCUT2D eigenvalue weighted by Gasteiger charge is -2.30. The number of hydrogen-bond donors (Lipinski definition) is 4. The van der Waals surface area contributed by atoms with Gasteiger partial charge in [0.2, 0.25) is 0 Å². The molecule has 0 amide bonds. The Morgan fingerprint density at radius 2 is 1.04 bits per heavy atom. The highest BCUT2D eigenvalue weighted by Gasteiger charge is 2.40. The second kappa shape index (κ2) is 10.7. The van der Waals surface area contributed by atoms with Crippen LogP contribution in [0.4, 0.5) is 0 Å². The standard InChI is InChI=1S/C16H30O7/c1-15(5-3-9-17,6-4-10-18)13(21)23-14(22)16(2,7-11-19)8-12-20/h17-20H,3-12H2,1-2H3. The summed E-state index contributed by atoms with van der Waals surface area (Å²) in [5, 5.41) is 36.1. The summed E-state index contributed by atoms with van der Waals surface area (Å²) in [4.78, 5) is 24.7. The normalized spacial score (nSPS) is 12.3. The van der Waals surface area contributed by atoms with Gasteiger partial charge in [0.15, 0.2) is 0 Å². The molecule has 0 aromatic heterocycles. The Kier molecular flexibility index (Phi) is 10.2. The van der Waals surface area contributed by atoms with E-state index in [-0.39, 0.29) is 39.3 Å². The highest BCUT2D eigenvalue weighted by molar-refractivity contribution is 5.91. The molecular weight excluding hydrogens is 304 g/mol. The fraction of sp³-hybridized carbons (Fsp3) is 0.875. The maximum absolute atomic E-state index is 12.4. The lowest BCUT2D eigenvalue weighted by Crippen LogP contribution is -2.38. The molecule has 4 N–H and O–H groups in total. The topological polar surface area (TPSA) is 124 Å². The lowest BCUT2D eigenvalue weighted by molar-refractivity contribution is -0.175. The van der Waals surface area contributed by atoms with Crippen LogP contribution in [0.1, 0.15) is 52.4 Å². The van der Waals surface area contributed by atoms with E-state index in [0.29, 0.717) is 25.7 Å². The zero-order valence-corrected chi connectivity index (χ0v) is 14.1. The van der Waals surface area contributed by atoms with E-state index in [1.807, 2.05) is 0 Å². The van der Waals surface area contributed by atoms with Crippen LogP contribution in [0.3, 0.4) is 0 Å². The van der Waals surface area contributed by atoms with E-state index in [1.54, 1.807) is 6.92 Å². The van der Waals surface area contributed by atoms with E-state index >= 15 is 0 Å². The van der Waals surface area contributed by atoms with E-state index in [4.69, 9.17) is 25.2 Å².